The lowest BCUT2D eigenvalue weighted by atomic mass is 9.67. The molecule has 0 radical (unpaired) electrons. The van der Waals surface area contributed by atoms with E-state index >= 15 is 0 Å². The lowest BCUT2D eigenvalue weighted by Crippen LogP contribution is -2.54. The molecule has 1 fully saturated rings. The van der Waals surface area contributed by atoms with Crippen molar-refractivity contribution in [2.45, 2.75) is 58.2 Å². The Bertz CT molecular complexity index is 1740. The Balaban J connectivity index is 1.54. The van der Waals surface area contributed by atoms with Gasteiger partial charge in [0.15, 0.2) is 5.69 Å². The molecule has 232 valence electrons. The molecule has 4 heterocycles. The lowest BCUT2D eigenvalue weighted by Gasteiger charge is -2.41. The van der Waals surface area contributed by atoms with E-state index in [0.29, 0.717) is 11.1 Å². The van der Waals surface area contributed by atoms with Crippen molar-refractivity contribution in [3.05, 3.63) is 62.9 Å². The van der Waals surface area contributed by atoms with Crippen LogP contribution in [0.1, 0.15) is 59.0 Å². The normalized spacial score (nSPS) is 20.3. The lowest BCUT2D eigenvalue weighted by molar-refractivity contribution is -0.146. The van der Waals surface area contributed by atoms with Crippen LogP contribution in [0.5, 0.6) is 5.75 Å². The van der Waals surface area contributed by atoms with Crippen LogP contribution in [0.3, 0.4) is 0 Å². The highest BCUT2D eigenvalue weighted by Crippen LogP contribution is 2.50. The highest BCUT2D eigenvalue weighted by molar-refractivity contribution is 6.35. The fraction of sp³-hybridized carbons (Fsp3) is 0.429. The first-order valence-corrected chi connectivity index (χ1v) is 13.8. The predicted molar refractivity (Wildman–Crippen MR) is 150 cm³/mol. The van der Waals surface area contributed by atoms with Gasteiger partial charge in [-0.25, -0.2) is 9.37 Å². The molecule has 6 rings (SSSR count). The molecule has 44 heavy (non-hydrogen) atoms. The number of likely N-dealkylation sites (N-methyl/N-ethyl adjacent to an activating group) is 1. The number of benzene rings is 1. The van der Waals surface area contributed by atoms with Crippen molar-refractivity contribution >= 4 is 29.6 Å². The third-order valence-corrected chi connectivity index (χ3v) is 8.17. The van der Waals surface area contributed by atoms with E-state index in [4.69, 9.17) is 4.42 Å². The largest absolute Gasteiger partial charge is 0.501 e. The Morgan fingerprint density at radius 3 is 2.43 bits per heavy atom. The van der Waals surface area contributed by atoms with Crippen LogP contribution in [-0.2, 0) is 33.0 Å². The van der Waals surface area contributed by atoms with Gasteiger partial charge in [0.2, 0.25) is 17.5 Å². The summed E-state index contributed by atoms with van der Waals surface area (Å²) in [6.07, 6.45) is 0.417. The number of rotatable bonds is 6. The number of fused-ring (bicyclic) bond motifs is 2. The Morgan fingerprint density at radius 2 is 1.82 bits per heavy atom. The van der Waals surface area contributed by atoms with Gasteiger partial charge in [-0.3, -0.25) is 33.9 Å². The molecule has 3 aliphatic rings. The summed E-state index contributed by atoms with van der Waals surface area (Å²) in [6.45, 7) is 2.81. The zero-order valence-corrected chi connectivity index (χ0v) is 24.5. The monoisotopic (exact) mass is 610 g/mol. The van der Waals surface area contributed by atoms with E-state index in [0.717, 1.165) is 9.47 Å². The van der Waals surface area contributed by atoms with E-state index in [1.807, 2.05) is 0 Å². The molecule has 1 aliphatic carbocycles. The van der Waals surface area contributed by atoms with Gasteiger partial charge in [0.05, 0.1) is 11.0 Å². The molecular formula is C28H31FN8O7. The van der Waals surface area contributed by atoms with Crippen molar-refractivity contribution in [1.82, 2.24) is 35.3 Å². The average molecular weight is 611 g/mol. The van der Waals surface area contributed by atoms with E-state index in [1.165, 1.54) is 26.2 Å². The number of hydrogen-bond acceptors (Lipinski definition) is 10. The number of nitrogens with zero attached hydrogens (tertiary/aromatic N) is 5. The van der Waals surface area contributed by atoms with Crippen LogP contribution in [0, 0.1) is 25.1 Å². The minimum Gasteiger partial charge on any atom is -0.501 e. The summed E-state index contributed by atoms with van der Waals surface area (Å²) in [7, 11) is 2.81. The maximum Gasteiger partial charge on any atom is 0.322 e. The summed E-state index contributed by atoms with van der Waals surface area (Å²) in [4.78, 5) is 71.5. The smallest absolute Gasteiger partial charge is 0.322 e. The number of nitrogens with one attached hydrogen (secondary N) is 3. The van der Waals surface area contributed by atoms with Crippen molar-refractivity contribution in [3.8, 4) is 5.75 Å². The number of aromatic hydroxyl groups is 1. The molecule has 16 heteroatoms. The first-order chi connectivity index (χ1) is 20.7. The second-order valence-electron chi connectivity index (χ2n) is 11.4. The Morgan fingerprint density at radius 1 is 1.11 bits per heavy atom. The van der Waals surface area contributed by atoms with Crippen LogP contribution in [-0.4, -0.2) is 67.5 Å². The van der Waals surface area contributed by atoms with Gasteiger partial charge in [-0.1, -0.05) is 17.2 Å². The summed E-state index contributed by atoms with van der Waals surface area (Å²) in [5.74, 6) is -4.47. The topological polar surface area (TPSA) is 202 Å². The van der Waals surface area contributed by atoms with Crippen molar-refractivity contribution in [2.75, 3.05) is 19.4 Å². The number of amides is 4. The predicted octanol–water partition coefficient (Wildman–Crippen LogP) is 0.630. The minimum atomic E-state index is -1.43. The van der Waals surface area contributed by atoms with Crippen LogP contribution in [0.4, 0.5) is 10.4 Å². The molecule has 1 saturated carbocycles. The minimum absolute atomic E-state index is 0.0584. The molecule has 2 bridgehead atoms. The van der Waals surface area contributed by atoms with E-state index in [1.54, 1.807) is 19.9 Å². The van der Waals surface area contributed by atoms with Gasteiger partial charge in [-0.15, -0.1) is 5.10 Å². The van der Waals surface area contributed by atoms with E-state index in [-0.39, 0.29) is 56.5 Å². The fourth-order valence-corrected chi connectivity index (χ4v) is 5.67. The first-order valence-electron chi connectivity index (χ1n) is 13.8. The highest BCUT2D eigenvalue weighted by atomic mass is 19.1. The molecule has 1 aromatic carbocycles. The van der Waals surface area contributed by atoms with E-state index in [9.17, 15) is 33.5 Å². The van der Waals surface area contributed by atoms with E-state index < -0.39 is 57.4 Å². The van der Waals surface area contributed by atoms with Gasteiger partial charge in [-0.05, 0) is 49.8 Å². The highest BCUT2D eigenvalue weighted by Gasteiger charge is 2.55. The van der Waals surface area contributed by atoms with Crippen molar-refractivity contribution in [2.24, 2.45) is 5.41 Å². The maximum atomic E-state index is 13.7. The molecule has 15 nitrogen and oxygen atoms in total. The molecule has 3 aromatic rings. The molecule has 0 unspecified atom stereocenters. The van der Waals surface area contributed by atoms with Crippen LogP contribution >= 0.6 is 0 Å². The molecule has 0 saturated heterocycles. The molecule has 4 amide bonds. The molecule has 2 aliphatic heterocycles. The summed E-state index contributed by atoms with van der Waals surface area (Å²) in [5, 5.41) is 26.2. The SMILES string of the molecule is Cc1nnc(NC(=O)C23CCC(NC(=O)C(=O)N(C)C)(CC2)c2nc(C(=O)NCc4ccc(F)c(C)c4)c(O)c(=O)n2C3)o1. The fourth-order valence-electron chi connectivity index (χ4n) is 5.67. The van der Waals surface area contributed by atoms with Gasteiger partial charge in [0.25, 0.3) is 11.5 Å². The van der Waals surface area contributed by atoms with E-state index in [2.05, 4.69) is 31.1 Å². The maximum absolute atomic E-state index is 13.7. The molecule has 4 N–H and O–H groups in total. The van der Waals surface area contributed by atoms with Crippen LogP contribution < -0.4 is 21.5 Å². The second kappa shape index (κ2) is 11.2. The van der Waals surface area contributed by atoms with Crippen LogP contribution in [0.2, 0.25) is 0 Å². The summed E-state index contributed by atoms with van der Waals surface area (Å²) in [5.41, 5.74) is -3.33. The third-order valence-electron chi connectivity index (χ3n) is 8.17. The summed E-state index contributed by atoms with van der Waals surface area (Å²) in [6, 6.07) is 4.14. The van der Waals surface area contributed by atoms with Gasteiger partial charge in [0.1, 0.15) is 11.6 Å². The zero-order valence-electron chi connectivity index (χ0n) is 24.5. The van der Waals surface area contributed by atoms with Crippen LogP contribution in [0.15, 0.2) is 27.4 Å². The molecule has 2 aromatic heterocycles. The van der Waals surface area contributed by atoms with Crippen molar-refractivity contribution < 1.29 is 33.1 Å². The Kier molecular flexibility index (Phi) is 7.69. The standard InChI is InChI=1S/C28H31FN8O7/c1-14-11-16(5-6-17(14)29)12-30-20(39)18-19(38)22(41)37-13-27(25(43)32-26-35-34-15(2)44-26)7-9-28(10-8-27,24(37)31-18)33-21(40)23(42)36(3)4/h5-6,11,38H,7-10,12-13H2,1-4H3,(H,30,39)(H,33,40)(H,32,35,43). The number of carbonyl (C=O) groups excluding carboxylic acids is 4. The van der Waals surface area contributed by atoms with Gasteiger partial charge >= 0.3 is 17.8 Å². The van der Waals surface area contributed by atoms with Crippen molar-refractivity contribution in [1.29, 1.82) is 0 Å². The number of hydrogen-bond donors (Lipinski definition) is 4. The average Bonchev–Trinajstić information content (AvgIpc) is 3.27. The summed E-state index contributed by atoms with van der Waals surface area (Å²) < 4.78 is 20.0. The number of carbonyl (C=O) groups is 4. The number of aryl methyl sites for hydroxylation is 2. The Hall–Kier alpha value is -5.15. The third kappa shape index (κ3) is 5.38. The second-order valence-corrected chi connectivity index (χ2v) is 11.4. The zero-order chi connectivity index (χ0) is 32.0. The molecular weight excluding hydrogens is 579 g/mol. The van der Waals surface area contributed by atoms with Gasteiger partial charge < -0.3 is 25.1 Å². The quantitative estimate of drug-likeness (QED) is 0.287. The number of aromatic nitrogens is 4. The molecule has 0 spiro atoms. The molecule has 0 atom stereocenters. The number of anilines is 1. The van der Waals surface area contributed by atoms with Crippen LogP contribution in [0.25, 0.3) is 0 Å². The van der Waals surface area contributed by atoms with Gasteiger partial charge in [0, 0.05) is 34.1 Å². The Labute approximate surface area is 249 Å². The first kappa shape index (κ1) is 30.3. The van der Waals surface area contributed by atoms with Gasteiger partial charge in [-0.2, -0.15) is 0 Å². The summed E-state index contributed by atoms with van der Waals surface area (Å²) >= 11 is 0. The number of halogens is 1. The van der Waals surface area contributed by atoms with Crippen molar-refractivity contribution in [3.63, 3.8) is 0 Å².